The van der Waals surface area contributed by atoms with Crippen molar-refractivity contribution >= 4 is 11.7 Å². The molecular formula is C16H16FNO2. The van der Waals surface area contributed by atoms with Gasteiger partial charge in [-0.2, -0.15) is 0 Å². The van der Waals surface area contributed by atoms with Gasteiger partial charge in [0, 0.05) is 24.8 Å². The van der Waals surface area contributed by atoms with E-state index in [1.165, 1.54) is 6.07 Å². The third kappa shape index (κ3) is 2.96. The first-order valence-corrected chi connectivity index (χ1v) is 6.27. The summed E-state index contributed by atoms with van der Waals surface area (Å²) in [6.07, 6.45) is 0. The molecule has 0 amide bonds. The summed E-state index contributed by atoms with van der Waals surface area (Å²) in [7, 11) is 1.82. The highest BCUT2D eigenvalue weighted by atomic mass is 19.1. The Morgan fingerprint density at radius 2 is 1.95 bits per heavy atom. The summed E-state index contributed by atoms with van der Waals surface area (Å²) >= 11 is 0. The van der Waals surface area contributed by atoms with E-state index in [1.54, 1.807) is 36.4 Å². The van der Waals surface area contributed by atoms with Crippen molar-refractivity contribution in [1.29, 1.82) is 0 Å². The minimum atomic E-state index is -0.967. The molecule has 0 aliphatic heterocycles. The van der Waals surface area contributed by atoms with Gasteiger partial charge < -0.3 is 10.0 Å². The number of carboxylic acids is 1. The maximum absolute atomic E-state index is 13.7. The van der Waals surface area contributed by atoms with E-state index in [1.807, 2.05) is 18.9 Å². The predicted molar refractivity (Wildman–Crippen MR) is 76.6 cm³/mol. The van der Waals surface area contributed by atoms with Crippen molar-refractivity contribution in [3.63, 3.8) is 0 Å². The Labute approximate surface area is 117 Å². The Morgan fingerprint density at radius 3 is 2.60 bits per heavy atom. The molecule has 2 aromatic carbocycles. The number of anilines is 1. The number of halogens is 1. The Balaban J connectivity index is 2.29. The normalized spacial score (nSPS) is 10.3. The van der Waals surface area contributed by atoms with Crippen LogP contribution >= 0.6 is 0 Å². The molecule has 0 saturated carbocycles. The van der Waals surface area contributed by atoms with Crippen LogP contribution in [0.4, 0.5) is 10.1 Å². The first-order valence-electron chi connectivity index (χ1n) is 6.27. The highest BCUT2D eigenvalue weighted by Crippen LogP contribution is 2.23. The quantitative estimate of drug-likeness (QED) is 0.927. The van der Waals surface area contributed by atoms with E-state index in [0.29, 0.717) is 12.1 Å². The van der Waals surface area contributed by atoms with Crippen LogP contribution in [0.15, 0.2) is 42.5 Å². The summed E-state index contributed by atoms with van der Waals surface area (Å²) in [4.78, 5) is 12.9. The van der Waals surface area contributed by atoms with Gasteiger partial charge in [0.05, 0.1) is 5.56 Å². The molecule has 2 rings (SSSR count). The van der Waals surface area contributed by atoms with E-state index < -0.39 is 5.97 Å². The lowest BCUT2D eigenvalue weighted by molar-refractivity contribution is 0.0697. The Morgan fingerprint density at radius 1 is 1.25 bits per heavy atom. The highest BCUT2D eigenvalue weighted by Gasteiger charge is 2.11. The van der Waals surface area contributed by atoms with Gasteiger partial charge in [0.25, 0.3) is 0 Å². The predicted octanol–water partition coefficient (Wildman–Crippen LogP) is 3.47. The van der Waals surface area contributed by atoms with E-state index in [-0.39, 0.29) is 11.4 Å². The summed E-state index contributed by atoms with van der Waals surface area (Å²) < 4.78 is 13.7. The molecule has 0 aliphatic rings. The molecule has 0 radical (unpaired) electrons. The fraction of sp³-hybridized carbons (Fsp3) is 0.188. The van der Waals surface area contributed by atoms with E-state index in [0.717, 1.165) is 11.3 Å². The van der Waals surface area contributed by atoms with E-state index in [2.05, 4.69) is 0 Å². The molecule has 0 aromatic heterocycles. The van der Waals surface area contributed by atoms with Crippen LogP contribution in [0.2, 0.25) is 0 Å². The molecule has 0 unspecified atom stereocenters. The van der Waals surface area contributed by atoms with Crippen LogP contribution in [0.3, 0.4) is 0 Å². The third-order valence-corrected chi connectivity index (χ3v) is 3.23. The lowest BCUT2D eigenvalue weighted by atomic mass is 10.1. The molecule has 0 bridgehead atoms. The van der Waals surface area contributed by atoms with Crippen LogP contribution in [0, 0.1) is 12.7 Å². The van der Waals surface area contributed by atoms with Gasteiger partial charge in [-0.15, -0.1) is 0 Å². The van der Waals surface area contributed by atoms with Gasteiger partial charge in [0.15, 0.2) is 0 Å². The van der Waals surface area contributed by atoms with Crippen molar-refractivity contribution < 1.29 is 14.3 Å². The van der Waals surface area contributed by atoms with Crippen molar-refractivity contribution in [1.82, 2.24) is 0 Å². The molecule has 0 atom stereocenters. The Hall–Kier alpha value is -2.36. The molecule has 0 spiro atoms. The van der Waals surface area contributed by atoms with Crippen LogP contribution in [0.1, 0.15) is 21.5 Å². The molecule has 1 N–H and O–H groups in total. The largest absolute Gasteiger partial charge is 0.478 e. The van der Waals surface area contributed by atoms with Gasteiger partial charge in [-0.1, -0.05) is 24.3 Å². The minimum absolute atomic E-state index is 0.228. The summed E-state index contributed by atoms with van der Waals surface area (Å²) in [5.74, 6) is -1.23. The van der Waals surface area contributed by atoms with Crippen molar-refractivity contribution in [3.8, 4) is 0 Å². The van der Waals surface area contributed by atoms with E-state index in [4.69, 9.17) is 5.11 Å². The van der Waals surface area contributed by atoms with Gasteiger partial charge >= 0.3 is 5.97 Å². The van der Waals surface area contributed by atoms with Gasteiger partial charge in [0.2, 0.25) is 0 Å². The van der Waals surface area contributed by atoms with Crippen molar-refractivity contribution in [3.05, 3.63) is 65.0 Å². The second kappa shape index (κ2) is 5.74. The fourth-order valence-electron chi connectivity index (χ4n) is 2.12. The standard InChI is InChI=1S/C16H16FNO2/c1-11-7-8-12(16(19)20)9-15(11)18(2)10-13-5-3-4-6-14(13)17/h3-9H,10H2,1-2H3,(H,19,20). The molecule has 0 aliphatic carbocycles. The zero-order valence-electron chi connectivity index (χ0n) is 11.4. The average molecular weight is 273 g/mol. The zero-order valence-corrected chi connectivity index (χ0v) is 11.4. The third-order valence-electron chi connectivity index (χ3n) is 3.23. The minimum Gasteiger partial charge on any atom is -0.478 e. The summed E-state index contributed by atoms with van der Waals surface area (Å²) in [6.45, 7) is 2.29. The zero-order chi connectivity index (χ0) is 14.7. The van der Waals surface area contributed by atoms with E-state index >= 15 is 0 Å². The molecular weight excluding hydrogens is 257 g/mol. The first kappa shape index (κ1) is 14.1. The number of hydrogen-bond donors (Lipinski definition) is 1. The molecule has 0 heterocycles. The molecule has 0 fully saturated rings. The maximum Gasteiger partial charge on any atom is 0.335 e. The number of carbonyl (C=O) groups is 1. The molecule has 2 aromatic rings. The van der Waals surface area contributed by atoms with Crippen molar-refractivity contribution in [2.45, 2.75) is 13.5 Å². The number of rotatable bonds is 4. The molecule has 20 heavy (non-hydrogen) atoms. The van der Waals surface area contributed by atoms with Gasteiger partial charge in [-0.05, 0) is 30.7 Å². The number of carboxylic acid groups (broad SMARTS) is 1. The average Bonchev–Trinajstić information content (AvgIpc) is 2.41. The van der Waals surface area contributed by atoms with Crippen LogP contribution in [-0.2, 0) is 6.54 Å². The second-order valence-corrected chi connectivity index (χ2v) is 4.75. The Kier molecular flexibility index (Phi) is 4.03. The van der Waals surface area contributed by atoms with Gasteiger partial charge in [-0.25, -0.2) is 9.18 Å². The lowest BCUT2D eigenvalue weighted by Crippen LogP contribution is -2.18. The molecule has 0 saturated heterocycles. The maximum atomic E-state index is 13.7. The monoisotopic (exact) mass is 273 g/mol. The smallest absolute Gasteiger partial charge is 0.335 e. The Bertz CT molecular complexity index is 640. The van der Waals surface area contributed by atoms with Crippen LogP contribution < -0.4 is 4.90 Å². The number of nitrogens with zero attached hydrogens (tertiary/aromatic N) is 1. The molecule has 4 heteroatoms. The SMILES string of the molecule is Cc1ccc(C(=O)O)cc1N(C)Cc1ccccc1F. The topological polar surface area (TPSA) is 40.5 Å². The van der Waals surface area contributed by atoms with Crippen LogP contribution in [0.25, 0.3) is 0 Å². The molecule has 3 nitrogen and oxygen atoms in total. The highest BCUT2D eigenvalue weighted by molar-refractivity contribution is 5.89. The van der Waals surface area contributed by atoms with Gasteiger partial charge in [0.1, 0.15) is 5.82 Å². The molecule has 104 valence electrons. The van der Waals surface area contributed by atoms with Crippen LogP contribution in [-0.4, -0.2) is 18.1 Å². The number of aryl methyl sites for hydroxylation is 1. The summed E-state index contributed by atoms with van der Waals surface area (Å²) in [5, 5.41) is 9.04. The summed E-state index contributed by atoms with van der Waals surface area (Å²) in [6, 6.07) is 11.5. The number of aromatic carboxylic acids is 1. The first-order chi connectivity index (χ1) is 9.49. The lowest BCUT2D eigenvalue weighted by Gasteiger charge is -2.22. The van der Waals surface area contributed by atoms with E-state index in [9.17, 15) is 9.18 Å². The van der Waals surface area contributed by atoms with Gasteiger partial charge in [-0.3, -0.25) is 0 Å². The second-order valence-electron chi connectivity index (χ2n) is 4.75. The van der Waals surface area contributed by atoms with Crippen LogP contribution in [0.5, 0.6) is 0 Å². The number of benzene rings is 2. The fourth-order valence-corrected chi connectivity index (χ4v) is 2.12. The number of hydrogen-bond acceptors (Lipinski definition) is 2. The summed E-state index contributed by atoms with van der Waals surface area (Å²) in [5.41, 5.74) is 2.54. The van der Waals surface area contributed by atoms with Crippen molar-refractivity contribution in [2.24, 2.45) is 0 Å². The van der Waals surface area contributed by atoms with Crippen molar-refractivity contribution in [2.75, 3.05) is 11.9 Å².